The van der Waals surface area contributed by atoms with Crippen molar-refractivity contribution in [2.45, 2.75) is 0 Å². The van der Waals surface area contributed by atoms with Gasteiger partial charge >= 0.3 is 0 Å². The lowest BCUT2D eigenvalue weighted by Crippen LogP contribution is -1.93. The molecule has 0 unspecified atom stereocenters. The average Bonchev–Trinajstić information content (AvgIpc) is 1.84. The summed E-state index contributed by atoms with van der Waals surface area (Å²) in [4.78, 5) is 0. The van der Waals surface area contributed by atoms with Gasteiger partial charge < -0.3 is 21.7 Å². The van der Waals surface area contributed by atoms with E-state index >= 15 is 0 Å². The number of phenols is 2. The normalized spacial score (nSPS) is 8.00. The minimum absolute atomic E-state index is 0. The highest BCUT2D eigenvalue weighted by Gasteiger charge is 2.01. The lowest BCUT2D eigenvalue weighted by molar-refractivity contribution is 0.404. The van der Waals surface area contributed by atoms with E-state index in [1.807, 2.05) is 0 Å². The largest absolute Gasteiger partial charge is 0.504 e. The molecular formula is C6H10Cl2N2O2. The molecule has 0 aromatic heterocycles. The number of rotatable bonds is 0. The van der Waals surface area contributed by atoms with E-state index in [1.54, 1.807) is 0 Å². The van der Waals surface area contributed by atoms with Gasteiger partial charge in [-0.3, -0.25) is 0 Å². The third-order valence-electron chi connectivity index (χ3n) is 1.18. The zero-order valence-corrected chi connectivity index (χ0v) is 7.65. The lowest BCUT2D eigenvalue weighted by atomic mass is 10.2. The van der Waals surface area contributed by atoms with E-state index in [-0.39, 0.29) is 47.7 Å². The van der Waals surface area contributed by atoms with Crippen LogP contribution in [0.15, 0.2) is 12.1 Å². The molecule has 0 saturated heterocycles. The predicted octanol–water partition coefficient (Wildman–Crippen LogP) is 1.11. The first-order valence-corrected chi connectivity index (χ1v) is 2.68. The molecule has 0 aliphatic heterocycles. The Balaban J connectivity index is 0. The highest BCUT2D eigenvalue weighted by Crippen LogP contribution is 2.30. The van der Waals surface area contributed by atoms with Crippen LogP contribution >= 0.6 is 24.8 Å². The Hall–Kier alpha value is -1.00. The van der Waals surface area contributed by atoms with Gasteiger partial charge in [-0.15, -0.1) is 24.8 Å². The molecule has 1 rings (SSSR count). The third-order valence-corrected chi connectivity index (χ3v) is 1.18. The van der Waals surface area contributed by atoms with Crippen LogP contribution < -0.4 is 11.5 Å². The summed E-state index contributed by atoms with van der Waals surface area (Å²) in [7, 11) is 0. The first-order chi connectivity index (χ1) is 4.61. The van der Waals surface area contributed by atoms with Crippen molar-refractivity contribution >= 4 is 36.2 Å². The van der Waals surface area contributed by atoms with Crippen LogP contribution in [0.4, 0.5) is 11.4 Å². The van der Waals surface area contributed by atoms with Crippen molar-refractivity contribution in [2.75, 3.05) is 11.5 Å². The van der Waals surface area contributed by atoms with Gasteiger partial charge in [0.1, 0.15) is 0 Å². The fourth-order valence-corrected chi connectivity index (χ4v) is 0.609. The van der Waals surface area contributed by atoms with Gasteiger partial charge in [0.2, 0.25) is 0 Å². The maximum atomic E-state index is 8.84. The quantitative estimate of drug-likeness (QED) is 0.295. The van der Waals surface area contributed by atoms with Crippen molar-refractivity contribution in [2.24, 2.45) is 0 Å². The van der Waals surface area contributed by atoms with E-state index in [9.17, 15) is 0 Å². The number of anilines is 2. The summed E-state index contributed by atoms with van der Waals surface area (Å²) in [6.07, 6.45) is 0. The van der Waals surface area contributed by atoms with E-state index in [2.05, 4.69) is 0 Å². The zero-order chi connectivity index (χ0) is 7.72. The molecule has 0 radical (unpaired) electrons. The standard InChI is InChI=1S/C6H8N2O2.2ClH/c7-3-1-5(9)6(10)2-4(3)8;;/h1-2,9-10H,7-8H2;2*1H. The molecule has 0 heterocycles. The summed E-state index contributed by atoms with van der Waals surface area (Å²) >= 11 is 0. The van der Waals surface area contributed by atoms with Gasteiger partial charge in [-0.2, -0.15) is 0 Å². The second-order valence-electron chi connectivity index (χ2n) is 1.97. The van der Waals surface area contributed by atoms with Crippen LogP contribution in [-0.4, -0.2) is 10.2 Å². The molecule has 1 aromatic carbocycles. The Kier molecular flexibility index (Phi) is 5.42. The average molecular weight is 213 g/mol. The lowest BCUT2D eigenvalue weighted by Gasteiger charge is -2.01. The molecule has 1 aromatic rings. The van der Waals surface area contributed by atoms with E-state index in [0.717, 1.165) is 0 Å². The monoisotopic (exact) mass is 212 g/mol. The summed E-state index contributed by atoms with van der Waals surface area (Å²) in [5, 5.41) is 17.7. The predicted molar refractivity (Wildman–Crippen MR) is 53.1 cm³/mol. The molecule has 0 saturated carbocycles. The highest BCUT2D eigenvalue weighted by molar-refractivity contribution is 5.85. The third kappa shape index (κ3) is 2.56. The minimum atomic E-state index is -0.258. The number of nitrogen functional groups attached to an aromatic ring is 2. The van der Waals surface area contributed by atoms with Gasteiger partial charge in [0.05, 0.1) is 11.4 Å². The first kappa shape index (κ1) is 13.6. The van der Waals surface area contributed by atoms with E-state index < -0.39 is 0 Å². The summed E-state index contributed by atoms with van der Waals surface area (Å²) in [5.41, 5.74) is 11.1. The molecule has 12 heavy (non-hydrogen) atoms. The number of hydrogen-bond acceptors (Lipinski definition) is 4. The van der Waals surface area contributed by atoms with Crippen molar-refractivity contribution in [3.8, 4) is 11.5 Å². The topological polar surface area (TPSA) is 92.5 Å². The minimum Gasteiger partial charge on any atom is -0.504 e. The Bertz CT molecular complexity index is 218. The molecule has 0 bridgehead atoms. The maximum Gasteiger partial charge on any atom is 0.159 e. The Morgan fingerprint density at radius 2 is 1.08 bits per heavy atom. The van der Waals surface area contributed by atoms with Crippen molar-refractivity contribution in [1.29, 1.82) is 0 Å². The highest BCUT2D eigenvalue weighted by atomic mass is 35.5. The van der Waals surface area contributed by atoms with Crippen LogP contribution in [0.25, 0.3) is 0 Å². The molecule has 0 spiro atoms. The molecule has 70 valence electrons. The fourth-order valence-electron chi connectivity index (χ4n) is 0.609. The van der Waals surface area contributed by atoms with Gasteiger partial charge in [-0.1, -0.05) is 0 Å². The number of aromatic hydroxyl groups is 2. The second kappa shape index (κ2) is 4.79. The smallest absolute Gasteiger partial charge is 0.159 e. The van der Waals surface area contributed by atoms with Crippen LogP contribution in [0.3, 0.4) is 0 Å². The molecule has 0 atom stereocenters. The number of halogens is 2. The van der Waals surface area contributed by atoms with Gasteiger partial charge in [-0.25, -0.2) is 0 Å². The van der Waals surface area contributed by atoms with E-state index in [1.165, 1.54) is 12.1 Å². The van der Waals surface area contributed by atoms with Crippen molar-refractivity contribution in [1.82, 2.24) is 0 Å². The SMILES string of the molecule is Cl.Cl.Nc1cc(O)c(O)cc1N. The number of phenolic OH excluding ortho intramolecular Hbond substituents is 2. The molecule has 0 amide bonds. The number of nitrogens with two attached hydrogens (primary N) is 2. The molecule has 6 heteroatoms. The molecular weight excluding hydrogens is 203 g/mol. The number of hydrogen-bond donors (Lipinski definition) is 4. The van der Waals surface area contributed by atoms with Gasteiger partial charge in [0.15, 0.2) is 11.5 Å². The summed E-state index contributed by atoms with van der Waals surface area (Å²) in [5.74, 6) is -0.515. The second-order valence-corrected chi connectivity index (χ2v) is 1.97. The Morgan fingerprint density at radius 3 is 1.33 bits per heavy atom. The van der Waals surface area contributed by atoms with E-state index in [0.29, 0.717) is 0 Å². The van der Waals surface area contributed by atoms with Crippen LogP contribution in [-0.2, 0) is 0 Å². The van der Waals surface area contributed by atoms with Crippen molar-refractivity contribution in [3.05, 3.63) is 12.1 Å². The van der Waals surface area contributed by atoms with Gasteiger partial charge in [0, 0.05) is 12.1 Å². The molecule has 0 aliphatic rings. The maximum absolute atomic E-state index is 8.84. The molecule has 6 N–H and O–H groups in total. The van der Waals surface area contributed by atoms with Crippen LogP contribution in [0, 0.1) is 0 Å². The summed E-state index contributed by atoms with van der Waals surface area (Å²) in [6, 6.07) is 2.40. The van der Waals surface area contributed by atoms with E-state index in [4.69, 9.17) is 21.7 Å². The first-order valence-electron chi connectivity index (χ1n) is 2.68. The van der Waals surface area contributed by atoms with Gasteiger partial charge in [-0.05, 0) is 0 Å². The molecule has 0 aliphatic carbocycles. The summed E-state index contributed by atoms with van der Waals surface area (Å²) in [6.45, 7) is 0. The van der Waals surface area contributed by atoms with Crippen LogP contribution in [0.2, 0.25) is 0 Å². The zero-order valence-electron chi connectivity index (χ0n) is 6.02. The Morgan fingerprint density at radius 1 is 0.833 bits per heavy atom. The van der Waals surface area contributed by atoms with Crippen molar-refractivity contribution < 1.29 is 10.2 Å². The van der Waals surface area contributed by atoms with Crippen molar-refractivity contribution in [3.63, 3.8) is 0 Å². The Labute approximate surface area is 82.0 Å². The molecule has 4 nitrogen and oxygen atoms in total. The fraction of sp³-hybridized carbons (Fsp3) is 0. The van der Waals surface area contributed by atoms with Gasteiger partial charge in [0.25, 0.3) is 0 Å². The number of benzene rings is 1. The van der Waals surface area contributed by atoms with Crippen LogP contribution in [0.5, 0.6) is 11.5 Å². The van der Waals surface area contributed by atoms with Crippen LogP contribution in [0.1, 0.15) is 0 Å². The molecule has 0 fully saturated rings. The summed E-state index contributed by atoms with van der Waals surface area (Å²) < 4.78 is 0.